The van der Waals surface area contributed by atoms with Crippen molar-refractivity contribution in [3.05, 3.63) is 44.3 Å². The van der Waals surface area contributed by atoms with Crippen LogP contribution in [0.25, 0.3) is 10.8 Å². The molecule has 0 heterocycles. The third-order valence-electron chi connectivity index (χ3n) is 1.89. The Morgan fingerprint density at radius 2 is 1.62 bits per heavy atom. The van der Waals surface area contributed by atoms with Crippen LogP contribution in [0.5, 0.6) is 0 Å². The van der Waals surface area contributed by atoms with Gasteiger partial charge in [0.25, 0.3) is 0 Å². The van der Waals surface area contributed by atoms with E-state index in [0.717, 1.165) is 24.7 Å². The number of benzene rings is 2. The minimum absolute atomic E-state index is 0.769. The monoisotopic (exact) mass is 318 g/mol. The van der Waals surface area contributed by atoms with Crippen LogP contribution in [0.15, 0.2) is 39.3 Å². The second kappa shape index (κ2) is 3.60. The Labute approximate surface area is 98.2 Å². The molecule has 0 spiro atoms. The molecule has 0 bridgehead atoms. The van der Waals surface area contributed by atoms with Crippen LogP contribution in [0.1, 0.15) is 0 Å². The summed E-state index contributed by atoms with van der Waals surface area (Å²) in [6, 6.07) is 9.86. The molecule has 0 amide bonds. The van der Waals surface area contributed by atoms with Gasteiger partial charge < -0.3 is 0 Å². The summed E-state index contributed by atoms with van der Waals surface area (Å²) in [5.41, 5.74) is 0. The van der Waals surface area contributed by atoms with E-state index in [-0.39, 0.29) is 0 Å². The summed E-state index contributed by atoms with van der Waals surface area (Å²) in [6.07, 6.45) is 0. The largest absolute Gasteiger partial charge is 0.0836 e. The summed E-state index contributed by atoms with van der Waals surface area (Å²) in [6.45, 7) is 0. The van der Waals surface area contributed by atoms with Gasteiger partial charge in [-0.3, -0.25) is 0 Å². The van der Waals surface area contributed by atoms with Crippen molar-refractivity contribution >= 4 is 54.2 Å². The van der Waals surface area contributed by atoms with Crippen molar-refractivity contribution in [2.24, 2.45) is 0 Å². The summed E-state index contributed by atoms with van der Waals surface area (Å²) < 4.78 is 2.09. The van der Waals surface area contributed by atoms with E-state index in [4.69, 9.17) is 11.6 Å². The molecule has 0 nitrogen and oxygen atoms in total. The van der Waals surface area contributed by atoms with Crippen LogP contribution in [0.3, 0.4) is 0 Å². The average Bonchev–Trinajstić information content (AvgIpc) is 2.12. The Morgan fingerprint density at radius 3 is 2.31 bits per heavy atom. The molecule has 0 saturated carbocycles. The molecule has 0 radical (unpaired) electrons. The van der Waals surface area contributed by atoms with Crippen LogP contribution >= 0.6 is 43.5 Å². The predicted octanol–water partition coefficient (Wildman–Crippen LogP) is 5.02. The zero-order valence-corrected chi connectivity index (χ0v) is 10.4. The summed E-state index contributed by atoms with van der Waals surface area (Å²) in [5.74, 6) is 0. The van der Waals surface area contributed by atoms with Crippen molar-refractivity contribution < 1.29 is 0 Å². The zero-order valence-electron chi connectivity index (χ0n) is 6.52. The maximum Gasteiger partial charge on any atom is 0.0496 e. The Hall–Kier alpha value is -0.0500. The molecule has 0 aromatic heterocycles. The number of halogens is 3. The lowest BCUT2D eigenvalue weighted by molar-refractivity contribution is 1.67. The summed E-state index contributed by atoms with van der Waals surface area (Å²) in [4.78, 5) is 0. The van der Waals surface area contributed by atoms with E-state index in [0.29, 0.717) is 0 Å². The SMILES string of the molecule is Clc1cccc2c(Br)ccc(Br)c12. The van der Waals surface area contributed by atoms with Gasteiger partial charge in [-0.05, 0) is 23.6 Å². The Bertz CT molecular complexity index is 457. The van der Waals surface area contributed by atoms with Gasteiger partial charge >= 0.3 is 0 Å². The van der Waals surface area contributed by atoms with Crippen LogP contribution < -0.4 is 0 Å². The Kier molecular flexibility index (Phi) is 2.63. The van der Waals surface area contributed by atoms with Crippen molar-refractivity contribution in [1.82, 2.24) is 0 Å². The van der Waals surface area contributed by atoms with Crippen LogP contribution in [0, 0.1) is 0 Å². The number of rotatable bonds is 0. The van der Waals surface area contributed by atoms with Gasteiger partial charge in [0.1, 0.15) is 0 Å². The highest BCUT2D eigenvalue weighted by Gasteiger charge is 2.04. The average molecular weight is 320 g/mol. The number of hydrogen-bond acceptors (Lipinski definition) is 0. The van der Waals surface area contributed by atoms with Gasteiger partial charge in [-0.2, -0.15) is 0 Å². The van der Waals surface area contributed by atoms with Gasteiger partial charge in [0, 0.05) is 19.4 Å². The minimum Gasteiger partial charge on any atom is -0.0836 e. The predicted molar refractivity (Wildman–Crippen MR) is 64.4 cm³/mol. The van der Waals surface area contributed by atoms with Crippen LogP contribution in [-0.4, -0.2) is 0 Å². The van der Waals surface area contributed by atoms with Crippen LogP contribution in [0.2, 0.25) is 5.02 Å². The highest BCUT2D eigenvalue weighted by molar-refractivity contribution is 9.11. The molecule has 0 fully saturated rings. The number of fused-ring (bicyclic) bond motifs is 1. The molecular weight excluding hydrogens is 315 g/mol. The van der Waals surface area contributed by atoms with Crippen LogP contribution in [0.4, 0.5) is 0 Å². The topological polar surface area (TPSA) is 0 Å². The van der Waals surface area contributed by atoms with E-state index < -0.39 is 0 Å². The lowest BCUT2D eigenvalue weighted by atomic mass is 10.1. The van der Waals surface area contributed by atoms with Crippen molar-refractivity contribution in [2.45, 2.75) is 0 Å². The fraction of sp³-hybridized carbons (Fsp3) is 0. The third kappa shape index (κ3) is 1.63. The van der Waals surface area contributed by atoms with E-state index in [9.17, 15) is 0 Å². The third-order valence-corrected chi connectivity index (χ3v) is 3.55. The maximum atomic E-state index is 6.08. The van der Waals surface area contributed by atoms with E-state index >= 15 is 0 Å². The number of hydrogen-bond donors (Lipinski definition) is 0. The normalized spacial score (nSPS) is 10.7. The highest BCUT2D eigenvalue weighted by atomic mass is 79.9. The Morgan fingerprint density at radius 1 is 0.923 bits per heavy atom. The fourth-order valence-corrected chi connectivity index (χ4v) is 2.70. The van der Waals surface area contributed by atoms with E-state index in [2.05, 4.69) is 31.9 Å². The quantitative estimate of drug-likeness (QED) is 0.639. The summed E-state index contributed by atoms with van der Waals surface area (Å²) >= 11 is 13.0. The zero-order chi connectivity index (χ0) is 9.42. The first-order valence-electron chi connectivity index (χ1n) is 3.72. The second-order valence-electron chi connectivity index (χ2n) is 2.69. The van der Waals surface area contributed by atoms with Gasteiger partial charge in [-0.1, -0.05) is 55.6 Å². The van der Waals surface area contributed by atoms with Gasteiger partial charge in [-0.25, -0.2) is 0 Å². The molecule has 0 aliphatic carbocycles. The van der Waals surface area contributed by atoms with Gasteiger partial charge in [0.05, 0.1) is 0 Å². The smallest absolute Gasteiger partial charge is 0.0496 e. The molecular formula is C10H5Br2Cl. The van der Waals surface area contributed by atoms with Crippen molar-refractivity contribution in [3.8, 4) is 0 Å². The fourth-order valence-electron chi connectivity index (χ4n) is 1.29. The van der Waals surface area contributed by atoms with Crippen molar-refractivity contribution in [2.75, 3.05) is 0 Å². The van der Waals surface area contributed by atoms with E-state index in [1.54, 1.807) is 0 Å². The van der Waals surface area contributed by atoms with Gasteiger partial charge in [0.15, 0.2) is 0 Å². The maximum absolute atomic E-state index is 6.08. The Balaban J connectivity index is 3.00. The first-order chi connectivity index (χ1) is 6.20. The van der Waals surface area contributed by atoms with Crippen LogP contribution in [-0.2, 0) is 0 Å². The summed E-state index contributed by atoms with van der Waals surface area (Å²) in [5, 5.41) is 2.95. The molecule has 0 N–H and O–H groups in total. The minimum atomic E-state index is 0.769. The first kappa shape index (κ1) is 9.50. The molecule has 0 saturated heterocycles. The second-order valence-corrected chi connectivity index (χ2v) is 4.81. The molecule has 66 valence electrons. The highest BCUT2D eigenvalue weighted by Crippen LogP contribution is 2.34. The lowest BCUT2D eigenvalue weighted by Crippen LogP contribution is -1.77. The molecule has 0 unspecified atom stereocenters. The molecule has 2 aromatic rings. The van der Waals surface area contributed by atoms with E-state index in [1.165, 1.54) is 0 Å². The molecule has 2 rings (SSSR count). The molecule has 13 heavy (non-hydrogen) atoms. The molecule has 3 heteroatoms. The van der Waals surface area contributed by atoms with Gasteiger partial charge in [0.2, 0.25) is 0 Å². The molecule has 2 aromatic carbocycles. The van der Waals surface area contributed by atoms with Crippen molar-refractivity contribution in [3.63, 3.8) is 0 Å². The standard InChI is InChI=1S/C10H5Br2Cl/c11-7-4-5-8(12)10-6(7)2-1-3-9(10)13/h1-5H. The van der Waals surface area contributed by atoms with Crippen molar-refractivity contribution in [1.29, 1.82) is 0 Å². The van der Waals surface area contributed by atoms with Gasteiger partial charge in [-0.15, -0.1) is 0 Å². The summed E-state index contributed by atoms with van der Waals surface area (Å²) in [7, 11) is 0. The molecule has 0 atom stereocenters. The van der Waals surface area contributed by atoms with E-state index in [1.807, 2.05) is 30.3 Å². The molecule has 0 aliphatic rings. The lowest BCUT2D eigenvalue weighted by Gasteiger charge is -2.04. The molecule has 0 aliphatic heterocycles. The first-order valence-corrected chi connectivity index (χ1v) is 5.69.